The Hall–Kier alpha value is -4.46. The summed E-state index contributed by atoms with van der Waals surface area (Å²) in [5, 5.41) is 14.3. The number of para-hydroxylation sites is 1. The van der Waals surface area contributed by atoms with Crippen LogP contribution in [-0.4, -0.2) is 46.2 Å². The number of carbonyl (C=O) groups is 2. The number of anilines is 1. The third-order valence-corrected chi connectivity index (χ3v) is 6.26. The molecule has 0 aliphatic carbocycles. The first-order valence-corrected chi connectivity index (χ1v) is 12.0. The lowest BCUT2D eigenvalue weighted by atomic mass is 10.0. The maximum absolute atomic E-state index is 12.8. The Balaban J connectivity index is 1.14. The highest BCUT2D eigenvalue weighted by Crippen LogP contribution is 2.24. The number of benzene rings is 3. The van der Waals surface area contributed by atoms with Crippen molar-refractivity contribution >= 4 is 17.6 Å². The van der Waals surface area contributed by atoms with E-state index in [9.17, 15) is 9.59 Å². The fourth-order valence-electron chi connectivity index (χ4n) is 4.14. The number of rotatable bonds is 5. The van der Waals surface area contributed by atoms with Gasteiger partial charge in [0.25, 0.3) is 5.91 Å². The van der Waals surface area contributed by atoms with Crippen LogP contribution in [0.1, 0.15) is 28.8 Å². The average molecular weight is 482 g/mol. The van der Waals surface area contributed by atoms with Crippen LogP contribution in [0.25, 0.3) is 22.9 Å². The zero-order chi connectivity index (χ0) is 24.9. The van der Waals surface area contributed by atoms with E-state index < -0.39 is 0 Å². The summed E-state index contributed by atoms with van der Waals surface area (Å²) >= 11 is 0. The minimum atomic E-state index is -0.139. The standard InChI is InChI=1S/C28H27N5O3/c1-19-7-9-21(10-8-19)26-31-32-27(36-26)22-13-11-20(12-14-22)25(34)29-24-15-17-33(18-16-24)28(35)30-23-5-3-2-4-6-23/h2-14,24H,15-18H2,1H3,(H,29,34)(H,30,35). The Morgan fingerprint density at radius 3 is 2.03 bits per heavy atom. The van der Waals surface area contributed by atoms with E-state index in [0.717, 1.165) is 22.4 Å². The summed E-state index contributed by atoms with van der Waals surface area (Å²) in [7, 11) is 0. The van der Waals surface area contributed by atoms with Gasteiger partial charge >= 0.3 is 6.03 Å². The van der Waals surface area contributed by atoms with Crippen molar-refractivity contribution in [2.45, 2.75) is 25.8 Å². The van der Waals surface area contributed by atoms with Crippen LogP contribution >= 0.6 is 0 Å². The van der Waals surface area contributed by atoms with Gasteiger partial charge in [0.2, 0.25) is 11.8 Å². The quantitative estimate of drug-likeness (QED) is 0.411. The number of piperidine rings is 1. The Morgan fingerprint density at radius 1 is 0.833 bits per heavy atom. The van der Waals surface area contributed by atoms with Crippen LogP contribution in [0.15, 0.2) is 83.3 Å². The predicted molar refractivity (Wildman–Crippen MR) is 137 cm³/mol. The highest BCUT2D eigenvalue weighted by Gasteiger charge is 2.24. The molecule has 2 heterocycles. The molecule has 4 aromatic rings. The fraction of sp³-hybridized carbons (Fsp3) is 0.214. The van der Waals surface area contributed by atoms with Crippen molar-refractivity contribution in [2.24, 2.45) is 0 Å². The lowest BCUT2D eigenvalue weighted by molar-refractivity contribution is 0.0919. The third kappa shape index (κ3) is 5.43. The first kappa shape index (κ1) is 23.3. The summed E-state index contributed by atoms with van der Waals surface area (Å²) < 4.78 is 5.82. The first-order valence-electron chi connectivity index (χ1n) is 12.0. The molecule has 8 nitrogen and oxygen atoms in total. The Kier molecular flexibility index (Phi) is 6.75. The first-order chi connectivity index (χ1) is 17.5. The topological polar surface area (TPSA) is 100 Å². The summed E-state index contributed by atoms with van der Waals surface area (Å²) in [4.78, 5) is 27.0. The van der Waals surface area contributed by atoms with Crippen LogP contribution in [0.3, 0.4) is 0 Å². The second-order valence-corrected chi connectivity index (χ2v) is 8.89. The number of urea groups is 1. The van der Waals surface area contributed by atoms with Crippen LogP contribution in [0, 0.1) is 6.92 Å². The van der Waals surface area contributed by atoms with Crippen LogP contribution in [0.5, 0.6) is 0 Å². The van der Waals surface area contributed by atoms with Crippen molar-refractivity contribution in [3.63, 3.8) is 0 Å². The lowest BCUT2D eigenvalue weighted by Crippen LogP contribution is -2.47. The van der Waals surface area contributed by atoms with E-state index in [-0.39, 0.29) is 18.0 Å². The van der Waals surface area contributed by atoms with Gasteiger partial charge in [-0.1, -0.05) is 35.9 Å². The summed E-state index contributed by atoms with van der Waals surface area (Å²) in [6.07, 6.45) is 1.41. The monoisotopic (exact) mass is 481 g/mol. The molecule has 1 saturated heterocycles. The third-order valence-electron chi connectivity index (χ3n) is 6.26. The number of likely N-dealkylation sites (tertiary alicyclic amines) is 1. The summed E-state index contributed by atoms with van der Waals surface area (Å²) in [5.41, 5.74) is 4.09. The largest absolute Gasteiger partial charge is 0.416 e. The maximum atomic E-state index is 12.8. The highest BCUT2D eigenvalue weighted by molar-refractivity contribution is 5.95. The van der Waals surface area contributed by atoms with Crippen molar-refractivity contribution in [2.75, 3.05) is 18.4 Å². The second kappa shape index (κ2) is 10.4. The molecule has 182 valence electrons. The Bertz CT molecular complexity index is 1330. The van der Waals surface area contributed by atoms with Crippen LogP contribution in [-0.2, 0) is 0 Å². The number of aromatic nitrogens is 2. The molecule has 0 radical (unpaired) electrons. The van der Waals surface area contributed by atoms with Crippen molar-refractivity contribution in [3.05, 3.63) is 90.0 Å². The number of amides is 3. The number of carbonyl (C=O) groups excluding carboxylic acids is 2. The van der Waals surface area contributed by atoms with Gasteiger partial charge in [0.05, 0.1) is 0 Å². The minimum absolute atomic E-state index is 0.0194. The fourth-order valence-corrected chi connectivity index (χ4v) is 4.14. The van der Waals surface area contributed by atoms with Crippen LogP contribution in [0.2, 0.25) is 0 Å². The molecule has 0 bridgehead atoms. The Labute approximate surface area is 209 Å². The summed E-state index contributed by atoms with van der Waals surface area (Å²) in [5.74, 6) is 0.717. The molecular weight excluding hydrogens is 454 g/mol. The van der Waals surface area contributed by atoms with E-state index in [1.807, 2.05) is 61.5 Å². The number of hydrogen-bond donors (Lipinski definition) is 2. The number of hydrogen-bond acceptors (Lipinski definition) is 5. The van der Waals surface area contributed by atoms with Gasteiger partial charge in [-0.2, -0.15) is 0 Å². The van der Waals surface area contributed by atoms with Crippen molar-refractivity contribution < 1.29 is 14.0 Å². The molecule has 0 atom stereocenters. The lowest BCUT2D eigenvalue weighted by Gasteiger charge is -2.32. The van der Waals surface area contributed by atoms with Gasteiger partial charge in [0.1, 0.15) is 0 Å². The number of nitrogens with one attached hydrogen (secondary N) is 2. The van der Waals surface area contributed by atoms with Gasteiger partial charge in [0, 0.05) is 41.5 Å². The van der Waals surface area contributed by atoms with Gasteiger partial charge < -0.3 is 20.0 Å². The number of nitrogens with zero attached hydrogens (tertiary/aromatic N) is 3. The molecule has 0 spiro atoms. The van der Waals surface area contributed by atoms with Crippen molar-refractivity contribution in [1.82, 2.24) is 20.4 Å². The zero-order valence-corrected chi connectivity index (χ0v) is 20.0. The van der Waals surface area contributed by atoms with Gasteiger partial charge in [0.15, 0.2) is 0 Å². The van der Waals surface area contributed by atoms with Crippen molar-refractivity contribution in [3.8, 4) is 22.9 Å². The van der Waals surface area contributed by atoms with Crippen molar-refractivity contribution in [1.29, 1.82) is 0 Å². The molecule has 1 aliphatic rings. The normalized spacial score (nSPS) is 13.9. The minimum Gasteiger partial charge on any atom is -0.416 e. The molecule has 0 saturated carbocycles. The molecule has 0 unspecified atom stereocenters. The van der Waals surface area contributed by atoms with Gasteiger partial charge in [-0.05, 0) is 68.3 Å². The van der Waals surface area contributed by atoms with E-state index in [1.54, 1.807) is 29.2 Å². The predicted octanol–water partition coefficient (Wildman–Crippen LogP) is 5.14. The van der Waals surface area contributed by atoms with E-state index in [4.69, 9.17) is 4.42 Å². The zero-order valence-electron chi connectivity index (χ0n) is 20.0. The molecule has 3 amide bonds. The van der Waals surface area contributed by atoms with Crippen LogP contribution in [0.4, 0.5) is 10.5 Å². The maximum Gasteiger partial charge on any atom is 0.321 e. The molecule has 1 aromatic heterocycles. The van der Waals surface area contributed by atoms with E-state index in [2.05, 4.69) is 20.8 Å². The van der Waals surface area contributed by atoms with E-state index >= 15 is 0 Å². The van der Waals surface area contributed by atoms with E-state index in [1.165, 1.54) is 0 Å². The molecule has 8 heteroatoms. The molecular formula is C28H27N5O3. The highest BCUT2D eigenvalue weighted by atomic mass is 16.4. The summed E-state index contributed by atoms with van der Waals surface area (Å²) in [6, 6.07) is 24.3. The van der Waals surface area contributed by atoms with Crippen LogP contribution < -0.4 is 10.6 Å². The van der Waals surface area contributed by atoms with Gasteiger partial charge in [-0.25, -0.2) is 4.79 Å². The van der Waals surface area contributed by atoms with Gasteiger partial charge in [-0.15, -0.1) is 10.2 Å². The SMILES string of the molecule is Cc1ccc(-c2nnc(-c3ccc(C(=O)NC4CCN(C(=O)Nc5ccccc5)CC4)cc3)o2)cc1. The number of aryl methyl sites for hydroxylation is 1. The van der Waals surface area contributed by atoms with E-state index in [0.29, 0.717) is 43.3 Å². The molecule has 2 N–H and O–H groups in total. The molecule has 1 aliphatic heterocycles. The molecule has 5 rings (SSSR count). The summed E-state index contributed by atoms with van der Waals surface area (Å²) in [6.45, 7) is 3.20. The average Bonchev–Trinajstić information content (AvgIpc) is 3.40. The molecule has 36 heavy (non-hydrogen) atoms. The Morgan fingerprint density at radius 2 is 1.42 bits per heavy atom. The smallest absolute Gasteiger partial charge is 0.321 e. The molecule has 1 fully saturated rings. The second-order valence-electron chi connectivity index (χ2n) is 8.89. The molecule has 3 aromatic carbocycles. The van der Waals surface area contributed by atoms with Gasteiger partial charge in [-0.3, -0.25) is 4.79 Å².